The van der Waals surface area contributed by atoms with Crippen LogP contribution in [0, 0.1) is 0 Å². The summed E-state index contributed by atoms with van der Waals surface area (Å²) in [5, 5.41) is 11.0. The fraction of sp³-hybridized carbons (Fsp3) is 0.0667. The molecule has 0 amide bonds. The lowest BCUT2D eigenvalue weighted by molar-refractivity contribution is 0.477. The normalized spacial score (nSPS) is 12.9. The van der Waals surface area contributed by atoms with Crippen LogP contribution in [-0.4, -0.2) is 19.6 Å². The van der Waals surface area contributed by atoms with Crippen LogP contribution in [0.5, 0.6) is 5.75 Å². The Balaban J connectivity index is 1.33. The highest BCUT2D eigenvalue weighted by Gasteiger charge is 2.38. The van der Waals surface area contributed by atoms with E-state index in [1.54, 1.807) is 6.07 Å². The molecule has 6 aromatic carbocycles. The smallest absolute Gasteiger partial charge is 0.149 e. The molecule has 1 N–H and O–H groups in total. The first kappa shape index (κ1) is 28.9. The number of fused-ring (bicyclic) bond motifs is 4. The van der Waals surface area contributed by atoms with Crippen LogP contribution in [0.2, 0.25) is 0 Å². The van der Waals surface area contributed by atoms with Gasteiger partial charge in [0.1, 0.15) is 11.6 Å². The monoisotopic (exact) mass is 631 g/mol. The molecule has 8 aromatic rings. The number of rotatable bonds is 5. The van der Waals surface area contributed by atoms with Crippen molar-refractivity contribution in [2.45, 2.75) is 19.3 Å². The molecule has 234 valence electrons. The van der Waals surface area contributed by atoms with Gasteiger partial charge < -0.3 is 5.11 Å². The Hall–Kier alpha value is -6.26. The van der Waals surface area contributed by atoms with Crippen molar-refractivity contribution < 1.29 is 5.11 Å². The number of aromatic hydroxyl groups is 1. The largest absolute Gasteiger partial charge is 0.507 e. The van der Waals surface area contributed by atoms with Crippen LogP contribution in [0.4, 0.5) is 0 Å². The second kappa shape index (κ2) is 11.2. The first-order valence-electron chi connectivity index (χ1n) is 16.6. The Morgan fingerprint density at radius 1 is 0.551 bits per heavy atom. The van der Waals surface area contributed by atoms with E-state index in [0.29, 0.717) is 11.4 Å². The van der Waals surface area contributed by atoms with Gasteiger partial charge in [-0.25, -0.2) is 4.98 Å². The lowest BCUT2D eigenvalue weighted by atomic mass is 9.78. The molecule has 1 aliphatic carbocycles. The molecule has 0 fully saturated rings. The first-order valence-corrected chi connectivity index (χ1v) is 16.6. The summed E-state index contributed by atoms with van der Waals surface area (Å²) >= 11 is 0. The van der Waals surface area contributed by atoms with Crippen molar-refractivity contribution in [2.75, 3.05) is 0 Å². The van der Waals surface area contributed by atoms with Crippen molar-refractivity contribution in [3.8, 4) is 67.5 Å². The topological polar surface area (TPSA) is 50.9 Å². The number of pyridine rings is 1. The zero-order valence-corrected chi connectivity index (χ0v) is 27.3. The molecule has 1 aliphatic rings. The second-order valence-corrected chi connectivity index (χ2v) is 13.2. The van der Waals surface area contributed by atoms with E-state index in [4.69, 9.17) is 9.97 Å². The van der Waals surface area contributed by atoms with E-state index in [1.165, 1.54) is 22.3 Å². The van der Waals surface area contributed by atoms with Crippen molar-refractivity contribution in [3.05, 3.63) is 169 Å². The van der Waals surface area contributed by atoms with E-state index in [2.05, 4.69) is 122 Å². The molecule has 0 saturated carbocycles. The van der Waals surface area contributed by atoms with Gasteiger partial charge in [0.25, 0.3) is 0 Å². The zero-order chi connectivity index (χ0) is 33.1. The predicted octanol–water partition coefficient (Wildman–Crippen LogP) is 11.1. The Labute approximate surface area is 285 Å². The molecular formula is C45H33N3O. The lowest BCUT2D eigenvalue weighted by Crippen LogP contribution is -2.16. The van der Waals surface area contributed by atoms with Crippen molar-refractivity contribution in [3.63, 3.8) is 0 Å². The minimum atomic E-state index is -0.219. The van der Waals surface area contributed by atoms with E-state index >= 15 is 0 Å². The van der Waals surface area contributed by atoms with Gasteiger partial charge in [-0.05, 0) is 93.5 Å². The average Bonchev–Trinajstić information content (AvgIpc) is 3.65. The molecule has 2 aromatic heterocycles. The summed E-state index contributed by atoms with van der Waals surface area (Å²) in [5.41, 5.74) is 14.8. The molecule has 4 heteroatoms. The minimum absolute atomic E-state index is 0.194. The highest BCUT2D eigenvalue weighted by atomic mass is 16.3. The Morgan fingerprint density at radius 2 is 1.22 bits per heavy atom. The number of nitrogens with zero attached hydrogens (tertiary/aromatic N) is 3. The maximum atomic E-state index is 11.0. The summed E-state index contributed by atoms with van der Waals surface area (Å²) in [4.78, 5) is 10.3. The number of imidazole rings is 1. The Kier molecular flexibility index (Phi) is 6.60. The van der Waals surface area contributed by atoms with Gasteiger partial charge in [-0.15, -0.1) is 0 Å². The molecule has 0 saturated heterocycles. The number of phenols is 1. The van der Waals surface area contributed by atoms with E-state index in [9.17, 15) is 5.11 Å². The fourth-order valence-electron chi connectivity index (χ4n) is 7.69. The van der Waals surface area contributed by atoms with Crippen LogP contribution in [0.15, 0.2) is 158 Å². The van der Waals surface area contributed by atoms with Gasteiger partial charge in [0, 0.05) is 28.4 Å². The summed E-state index contributed by atoms with van der Waals surface area (Å²) in [6.45, 7) is 4.64. The summed E-state index contributed by atoms with van der Waals surface area (Å²) in [6, 6.07) is 52.2. The van der Waals surface area contributed by atoms with Crippen LogP contribution in [0.3, 0.4) is 0 Å². The van der Waals surface area contributed by atoms with Crippen molar-refractivity contribution >= 4 is 11.0 Å². The minimum Gasteiger partial charge on any atom is -0.507 e. The second-order valence-electron chi connectivity index (χ2n) is 13.2. The van der Waals surface area contributed by atoms with Crippen molar-refractivity contribution in [1.82, 2.24) is 14.5 Å². The van der Waals surface area contributed by atoms with Crippen LogP contribution < -0.4 is 0 Å². The van der Waals surface area contributed by atoms with Gasteiger partial charge in [-0.2, -0.15) is 0 Å². The Bertz CT molecular complexity index is 2530. The standard InChI is InChI=1S/C45H33N3O/c1-45(2)38-21-11-9-18-34(38)36-26-31(27-37(42(36)45)39-28-30(24-25-46-39)29-14-5-3-6-15-29)33-20-13-22-40-43(33)47-44(35-19-10-12-23-41(35)49)48(40)32-16-7-4-8-17-32/h3-28,49H,1-2H3. The number of para-hydroxylation sites is 3. The van der Waals surface area contributed by atoms with Gasteiger partial charge in [-0.1, -0.05) is 111 Å². The number of hydrogen-bond acceptors (Lipinski definition) is 3. The molecule has 0 bridgehead atoms. The van der Waals surface area contributed by atoms with E-state index < -0.39 is 0 Å². The highest BCUT2D eigenvalue weighted by molar-refractivity contribution is 5.99. The van der Waals surface area contributed by atoms with Gasteiger partial charge in [0.2, 0.25) is 0 Å². The average molecular weight is 632 g/mol. The van der Waals surface area contributed by atoms with Gasteiger partial charge in [-0.3, -0.25) is 9.55 Å². The zero-order valence-electron chi connectivity index (χ0n) is 27.3. The molecular weight excluding hydrogens is 599 g/mol. The molecule has 0 aliphatic heterocycles. The van der Waals surface area contributed by atoms with Crippen LogP contribution in [0.1, 0.15) is 25.0 Å². The molecule has 0 unspecified atom stereocenters. The number of aromatic nitrogens is 3. The van der Waals surface area contributed by atoms with Gasteiger partial charge >= 0.3 is 0 Å². The van der Waals surface area contributed by atoms with Crippen LogP contribution >= 0.6 is 0 Å². The predicted molar refractivity (Wildman–Crippen MR) is 200 cm³/mol. The third-order valence-corrected chi connectivity index (χ3v) is 9.95. The van der Waals surface area contributed by atoms with Crippen LogP contribution in [-0.2, 0) is 5.41 Å². The van der Waals surface area contributed by atoms with Crippen molar-refractivity contribution in [1.29, 1.82) is 0 Å². The summed E-state index contributed by atoms with van der Waals surface area (Å²) < 4.78 is 2.14. The molecule has 2 heterocycles. The summed E-state index contributed by atoms with van der Waals surface area (Å²) in [5.74, 6) is 0.886. The molecule has 9 rings (SSSR count). The van der Waals surface area contributed by atoms with Crippen molar-refractivity contribution in [2.24, 2.45) is 0 Å². The number of hydrogen-bond donors (Lipinski definition) is 1. The SMILES string of the molecule is CC1(C)c2ccccc2-c2cc(-c3cccc4c3nc(-c3ccccc3O)n4-c3ccccc3)cc(-c3cc(-c4ccccc4)ccn3)c21. The summed E-state index contributed by atoms with van der Waals surface area (Å²) in [6.07, 6.45) is 1.92. The van der Waals surface area contributed by atoms with Crippen LogP contribution in [0.25, 0.3) is 72.7 Å². The van der Waals surface area contributed by atoms with E-state index in [0.717, 1.165) is 50.2 Å². The van der Waals surface area contributed by atoms with E-state index in [1.807, 2.05) is 48.7 Å². The molecule has 0 spiro atoms. The Morgan fingerprint density at radius 3 is 2.02 bits per heavy atom. The van der Waals surface area contributed by atoms with Gasteiger partial charge in [0.05, 0.1) is 22.3 Å². The molecule has 4 nitrogen and oxygen atoms in total. The van der Waals surface area contributed by atoms with E-state index in [-0.39, 0.29) is 11.2 Å². The highest BCUT2D eigenvalue weighted by Crippen LogP contribution is 2.53. The lowest BCUT2D eigenvalue weighted by Gasteiger charge is -2.25. The number of phenolic OH excluding ortho intramolecular Hbond substituents is 1. The maximum absolute atomic E-state index is 11.0. The third kappa shape index (κ3) is 4.60. The molecule has 49 heavy (non-hydrogen) atoms. The third-order valence-electron chi connectivity index (χ3n) is 9.95. The quantitative estimate of drug-likeness (QED) is 0.206. The summed E-state index contributed by atoms with van der Waals surface area (Å²) in [7, 11) is 0. The molecule has 0 radical (unpaired) electrons. The maximum Gasteiger partial charge on any atom is 0.149 e. The molecule has 0 atom stereocenters. The first-order chi connectivity index (χ1) is 24.0. The fourth-order valence-corrected chi connectivity index (χ4v) is 7.69. The van der Waals surface area contributed by atoms with Gasteiger partial charge in [0.15, 0.2) is 0 Å². The number of benzene rings is 6.